The van der Waals surface area contributed by atoms with Gasteiger partial charge in [-0.15, -0.1) is 0 Å². The molecular formula is C15H31NO. The van der Waals surface area contributed by atoms with Crippen molar-refractivity contribution < 1.29 is 4.74 Å². The molecule has 1 fully saturated rings. The van der Waals surface area contributed by atoms with Gasteiger partial charge in [-0.05, 0) is 37.6 Å². The molecule has 1 aliphatic carbocycles. The molecule has 0 aromatic rings. The van der Waals surface area contributed by atoms with Gasteiger partial charge in [0, 0.05) is 19.3 Å². The van der Waals surface area contributed by atoms with Crippen molar-refractivity contribution in [3.63, 3.8) is 0 Å². The van der Waals surface area contributed by atoms with Gasteiger partial charge in [-0.1, -0.05) is 40.0 Å². The van der Waals surface area contributed by atoms with Crippen molar-refractivity contribution in [2.45, 2.75) is 71.8 Å². The highest BCUT2D eigenvalue weighted by Crippen LogP contribution is 2.18. The molecule has 0 unspecified atom stereocenters. The van der Waals surface area contributed by atoms with E-state index < -0.39 is 0 Å². The van der Waals surface area contributed by atoms with Gasteiger partial charge in [-0.25, -0.2) is 0 Å². The predicted octanol–water partition coefficient (Wildman–Crippen LogP) is 3.75. The van der Waals surface area contributed by atoms with Crippen LogP contribution in [0.1, 0.15) is 65.7 Å². The number of ether oxygens (including phenoxy) is 1. The van der Waals surface area contributed by atoms with Gasteiger partial charge in [0.15, 0.2) is 0 Å². The molecular weight excluding hydrogens is 210 g/mol. The zero-order chi connectivity index (χ0) is 12.6. The van der Waals surface area contributed by atoms with Crippen molar-refractivity contribution >= 4 is 0 Å². The van der Waals surface area contributed by atoms with Crippen molar-refractivity contribution in [1.29, 1.82) is 0 Å². The van der Waals surface area contributed by atoms with Crippen LogP contribution in [0.4, 0.5) is 0 Å². The van der Waals surface area contributed by atoms with Crippen molar-refractivity contribution in [2.24, 2.45) is 5.41 Å². The van der Waals surface area contributed by atoms with Crippen LogP contribution in [-0.4, -0.2) is 25.8 Å². The van der Waals surface area contributed by atoms with Crippen LogP contribution in [-0.2, 0) is 4.74 Å². The first-order valence-corrected chi connectivity index (χ1v) is 7.39. The first kappa shape index (κ1) is 15.0. The molecule has 0 radical (unpaired) electrons. The van der Waals surface area contributed by atoms with Crippen molar-refractivity contribution in [1.82, 2.24) is 5.32 Å². The van der Waals surface area contributed by atoms with Crippen molar-refractivity contribution in [2.75, 3.05) is 19.8 Å². The van der Waals surface area contributed by atoms with Gasteiger partial charge in [-0.2, -0.15) is 0 Å². The van der Waals surface area contributed by atoms with E-state index in [9.17, 15) is 0 Å². The lowest BCUT2D eigenvalue weighted by molar-refractivity contribution is 0.105. The molecule has 0 aromatic carbocycles. The molecule has 0 amide bonds. The third-order valence-electron chi connectivity index (χ3n) is 3.50. The normalized spacial score (nSPS) is 18.5. The SMILES string of the molecule is CC(C)(C)CCOCCCNC1CCCCC1. The molecule has 2 nitrogen and oxygen atoms in total. The fourth-order valence-corrected chi connectivity index (χ4v) is 2.27. The Balaban J connectivity index is 1.84. The summed E-state index contributed by atoms with van der Waals surface area (Å²) in [5.41, 5.74) is 0.403. The first-order chi connectivity index (χ1) is 8.08. The molecule has 1 N–H and O–H groups in total. The van der Waals surface area contributed by atoms with E-state index >= 15 is 0 Å². The minimum atomic E-state index is 0.403. The summed E-state index contributed by atoms with van der Waals surface area (Å²) in [7, 11) is 0. The molecule has 2 heteroatoms. The number of rotatable bonds is 7. The lowest BCUT2D eigenvalue weighted by atomic mass is 9.93. The fraction of sp³-hybridized carbons (Fsp3) is 1.00. The lowest BCUT2D eigenvalue weighted by Gasteiger charge is -2.22. The summed E-state index contributed by atoms with van der Waals surface area (Å²) in [4.78, 5) is 0. The van der Waals surface area contributed by atoms with E-state index in [1.54, 1.807) is 0 Å². The smallest absolute Gasteiger partial charge is 0.0478 e. The van der Waals surface area contributed by atoms with E-state index in [0.717, 1.165) is 38.6 Å². The Bertz CT molecular complexity index is 180. The highest BCUT2D eigenvalue weighted by molar-refractivity contribution is 4.71. The van der Waals surface area contributed by atoms with Crippen LogP contribution >= 0.6 is 0 Å². The summed E-state index contributed by atoms with van der Waals surface area (Å²) < 4.78 is 5.66. The van der Waals surface area contributed by atoms with Crippen molar-refractivity contribution in [3.05, 3.63) is 0 Å². The average Bonchev–Trinajstić information content (AvgIpc) is 2.28. The molecule has 1 saturated carbocycles. The summed E-state index contributed by atoms with van der Waals surface area (Å²) in [6.45, 7) is 9.74. The molecule has 0 bridgehead atoms. The van der Waals surface area contributed by atoms with Gasteiger partial charge in [-0.3, -0.25) is 0 Å². The molecule has 0 spiro atoms. The third-order valence-corrected chi connectivity index (χ3v) is 3.50. The Morgan fingerprint density at radius 3 is 2.41 bits per heavy atom. The summed E-state index contributed by atoms with van der Waals surface area (Å²) >= 11 is 0. The molecule has 1 rings (SSSR count). The standard InChI is InChI=1S/C15H31NO/c1-15(2,3)10-13-17-12-7-11-16-14-8-5-4-6-9-14/h14,16H,4-13H2,1-3H3. The average molecular weight is 241 g/mol. The minimum absolute atomic E-state index is 0.403. The first-order valence-electron chi connectivity index (χ1n) is 7.39. The number of hydrogen-bond donors (Lipinski definition) is 1. The fourth-order valence-electron chi connectivity index (χ4n) is 2.27. The quantitative estimate of drug-likeness (QED) is 0.685. The van der Waals surface area contributed by atoms with Crippen LogP contribution in [0.2, 0.25) is 0 Å². The number of hydrogen-bond acceptors (Lipinski definition) is 2. The second kappa shape index (κ2) is 8.10. The van der Waals surface area contributed by atoms with Gasteiger partial charge in [0.05, 0.1) is 0 Å². The predicted molar refractivity (Wildman–Crippen MR) is 74.4 cm³/mol. The van der Waals surface area contributed by atoms with Gasteiger partial charge in [0.25, 0.3) is 0 Å². The van der Waals surface area contributed by atoms with E-state index in [4.69, 9.17) is 4.74 Å². The zero-order valence-electron chi connectivity index (χ0n) is 12.1. The van der Waals surface area contributed by atoms with E-state index in [-0.39, 0.29) is 0 Å². The maximum absolute atomic E-state index is 5.66. The molecule has 0 aromatic heterocycles. The summed E-state index contributed by atoms with van der Waals surface area (Å²) in [6, 6.07) is 0.790. The Morgan fingerprint density at radius 2 is 1.76 bits per heavy atom. The Morgan fingerprint density at radius 1 is 1.06 bits per heavy atom. The van der Waals surface area contributed by atoms with Gasteiger partial charge in [0.1, 0.15) is 0 Å². The Hall–Kier alpha value is -0.0800. The summed E-state index contributed by atoms with van der Waals surface area (Å²) in [5, 5.41) is 3.65. The van der Waals surface area contributed by atoms with Crippen LogP contribution in [0.3, 0.4) is 0 Å². The largest absolute Gasteiger partial charge is 0.381 e. The van der Waals surface area contributed by atoms with E-state index in [0.29, 0.717) is 5.41 Å². The molecule has 0 atom stereocenters. The maximum atomic E-state index is 5.66. The molecule has 1 aliphatic rings. The summed E-state index contributed by atoms with van der Waals surface area (Å²) in [6.07, 6.45) is 9.34. The van der Waals surface area contributed by atoms with E-state index in [1.807, 2.05) is 0 Å². The zero-order valence-corrected chi connectivity index (χ0v) is 12.1. The van der Waals surface area contributed by atoms with Crippen LogP contribution in [0.15, 0.2) is 0 Å². The highest BCUT2D eigenvalue weighted by Gasteiger charge is 2.12. The van der Waals surface area contributed by atoms with Crippen LogP contribution in [0.25, 0.3) is 0 Å². The lowest BCUT2D eigenvalue weighted by Crippen LogP contribution is -2.32. The number of nitrogens with one attached hydrogen (secondary N) is 1. The van der Waals surface area contributed by atoms with Gasteiger partial charge in [0.2, 0.25) is 0 Å². The Labute approximate surface area is 108 Å². The van der Waals surface area contributed by atoms with Crippen molar-refractivity contribution in [3.8, 4) is 0 Å². The monoisotopic (exact) mass is 241 g/mol. The molecule has 0 heterocycles. The molecule has 0 saturated heterocycles. The highest BCUT2D eigenvalue weighted by atomic mass is 16.5. The van der Waals surface area contributed by atoms with Crippen LogP contribution in [0, 0.1) is 5.41 Å². The van der Waals surface area contributed by atoms with Crippen LogP contribution in [0.5, 0.6) is 0 Å². The Kier molecular flexibility index (Phi) is 7.14. The molecule has 102 valence electrons. The third kappa shape index (κ3) is 8.62. The molecule has 17 heavy (non-hydrogen) atoms. The van der Waals surface area contributed by atoms with E-state index in [1.165, 1.54) is 32.1 Å². The minimum Gasteiger partial charge on any atom is -0.381 e. The maximum Gasteiger partial charge on any atom is 0.0478 e. The van der Waals surface area contributed by atoms with Gasteiger partial charge >= 0.3 is 0 Å². The second-order valence-electron chi connectivity index (χ2n) is 6.57. The van der Waals surface area contributed by atoms with E-state index in [2.05, 4.69) is 26.1 Å². The van der Waals surface area contributed by atoms with Crippen LogP contribution < -0.4 is 5.32 Å². The van der Waals surface area contributed by atoms with Gasteiger partial charge < -0.3 is 10.1 Å². The molecule has 0 aliphatic heterocycles. The second-order valence-corrected chi connectivity index (χ2v) is 6.57. The summed E-state index contributed by atoms with van der Waals surface area (Å²) in [5.74, 6) is 0. The topological polar surface area (TPSA) is 21.3 Å².